The van der Waals surface area contributed by atoms with Gasteiger partial charge in [-0.05, 0) is 131 Å². The first-order chi connectivity index (χ1) is 53.4. The number of hydrogen-bond donors (Lipinski definition) is 9. The summed E-state index contributed by atoms with van der Waals surface area (Å²) in [5.74, 6) is -2.57. The van der Waals surface area contributed by atoms with Crippen molar-refractivity contribution in [2.75, 3.05) is 33.2 Å². The van der Waals surface area contributed by atoms with Crippen molar-refractivity contribution in [1.29, 1.82) is 0 Å². The molecule has 3 aromatic heterocycles. The van der Waals surface area contributed by atoms with E-state index >= 15 is 0 Å². The van der Waals surface area contributed by atoms with Gasteiger partial charge in [0.05, 0.1) is 70.2 Å². The normalized spacial score (nSPS) is 12.2. The van der Waals surface area contributed by atoms with Gasteiger partial charge in [-0.1, -0.05) is 126 Å². The summed E-state index contributed by atoms with van der Waals surface area (Å²) in [5.41, 5.74) is 27.8. The van der Waals surface area contributed by atoms with Crippen LogP contribution in [0.15, 0.2) is 213 Å². The van der Waals surface area contributed by atoms with Crippen LogP contribution < -0.4 is 33.2 Å². The summed E-state index contributed by atoms with van der Waals surface area (Å²) < 4.78 is 0. The molecule has 27 nitrogen and oxygen atoms in total. The Bertz CT molecular complexity index is 6250. The number of aryl methyl sites for hydroxylation is 3. The number of azo groups is 3. The van der Waals surface area contributed by atoms with Gasteiger partial charge in [0, 0.05) is 50.4 Å². The number of fused-ring (bicyclic) bond motifs is 6. The Morgan fingerprint density at radius 1 is 0.306 bits per heavy atom. The molecular formula is C84H60N18O9. The average molecular weight is 1470 g/mol. The number of hydrogen-bond acceptors (Lipinski definition) is 24. The number of phenols is 3. The number of ketones is 6. The van der Waals surface area contributed by atoms with E-state index in [4.69, 9.17) is 36.9 Å². The molecule has 0 atom stereocenters. The quantitative estimate of drug-likeness (QED) is 0.0405. The van der Waals surface area contributed by atoms with Crippen LogP contribution in [0.2, 0.25) is 0 Å². The first-order valence-corrected chi connectivity index (χ1v) is 33.8. The number of nitrogens with two attached hydrogens (primary N) is 3. The Morgan fingerprint density at radius 2 is 0.577 bits per heavy atom. The summed E-state index contributed by atoms with van der Waals surface area (Å²) >= 11 is 0. The third kappa shape index (κ3) is 13.9. The molecule has 0 fully saturated rings. The highest BCUT2D eigenvalue weighted by molar-refractivity contribution is 6.33. The molecule has 12 aromatic rings. The topological polar surface area (TPSA) is 403 Å². The van der Waals surface area contributed by atoms with E-state index in [2.05, 4.69) is 76.1 Å². The number of aromatic nitrogens is 3. The molecule has 0 saturated heterocycles. The summed E-state index contributed by atoms with van der Waals surface area (Å²) in [6.07, 6.45) is 0. The monoisotopic (exact) mass is 1460 g/mol. The molecule has 0 amide bonds. The summed E-state index contributed by atoms with van der Waals surface area (Å²) in [4.78, 5) is 103. The average Bonchev–Trinajstić information content (AvgIpc) is 0.756. The van der Waals surface area contributed by atoms with Gasteiger partial charge in [0.1, 0.15) is 51.8 Å². The molecule has 15 rings (SSSR count). The Morgan fingerprint density at radius 3 is 0.937 bits per heavy atom. The zero-order valence-corrected chi connectivity index (χ0v) is 59.7. The van der Waals surface area contributed by atoms with Gasteiger partial charge in [0.15, 0.2) is 52.2 Å². The fourth-order valence-corrected chi connectivity index (χ4v) is 12.7. The summed E-state index contributed by atoms with van der Waals surface area (Å²) in [5, 5.41) is 65.7. The number of rotatable bonds is 12. The summed E-state index contributed by atoms with van der Waals surface area (Å²) in [6.45, 7) is 33.8. The molecule has 12 N–H and O–H groups in total. The van der Waals surface area contributed by atoms with Crippen molar-refractivity contribution < 1.29 is 44.1 Å². The van der Waals surface area contributed by atoms with Crippen molar-refractivity contribution in [1.82, 2.24) is 15.0 Å². The van der Waals surface area contributed by atoms with E-state index in [-0.39, 0.29) is 170 Å². The predicted molar refractivity (Wildman–Crippen MR) is 419 cm³/mol. The number of nitrogens with zero attached hydrogens (tertiary/aromatic N) is 12. The van der Waals surface area contributed by atoms with Crippen LogP contribution in [0.25, 0.3) is 14.5 Å². The molecular weight excluding hydrogens is 1410 g/mol. The van der Waals surface area contributed by atoms with Crippen LogP contribution in [0.3, 0.4) is 0 Å². The third-order valence-corrected chi connectivity index (χ3v) is 18.4. The number of nitrogen functional groups attached to an aromatic ring is 3. The molecule has 0 bridgehead atoms. The number of carbonyl (C=O) groups excluding carboxylic acids is 6. The highest BCUT2D eigenvalue weighted by Gasteiger charge is 2.37. The second-order valence-electron chi connectivity index (χ2n) is 25.6. The smallest absolute Gasteiger partial charge is 0.233 e. The van der Waals surface area contributed by atoms with E-state index in [0.29, 0.717) is 22.5 Å². The number of phenolic OH excluding ortho intramolecular Hbond substituents is 3. The van der Waals surface area contributed by atoms with Gasteiger partial charge < -0.3 is 48.5 Å². The number of anilines is 9. The minimum Gasteiger partial charge on any atom is -0.507 e. The van der Waals surface area contributed by atoms with Gasteiger partial charge in [-0.2, -0.15) is 0 Å². The predicted octanol–water partition coefficient (Wildman–Crippen LogP) is 19.4. The molecule has 0 spiro atoms. The highest BCUT2D eigenvalue weighted by Crippen LogP contribution is 2.47. The molecule has 27 heteroatoms. The maximum Gasteiger partial charge on any atom is 0.233 e. The SMILES string of the molecule is [C-]#[N+]c1c(N)nc(Nc2ccc(C)cc2)c(N=Nc2cccc3c2C(=O)c2c(O)cccc2C3=O)c1C.[C-]#[N+]c1c(Nc2ccc(C)cc2)nc(N)c(N=Nc2cccc3c2C(=O)c2c(O)cccc2C3=O)c1C.[C-]#[N+]c1c(Nc2ccc(C)cc2)nc(N)c(N=Nc2cccc3c2C(=O)c2cccc(O)c2C3=O)c1C. The van der Waals surface area contributed by atoms with E-state index in [9.17, 15) is 44.1 Å². The van der Waals surface area contributed by atoms with Crippen molar-refractivity contribution in [3.05, 3.63) is 316 Å². The molecule has 540 valence electrons. The van der Waals surface area contributed by atoms with Crippen LogP contribution >= 0.6 is 0 Å². The molecule has 3 heterocycles. The molecule has 3 aliphatic carbocycles. The van der Waals surface area contributed by atoms with Gasteiger partial charge in [-0.15, -0.1) is 30.7 Å². The van der Waals surface area contributed by atoms with Crippen LogP contribution in [-0.2, 0) is 0 Å². The standard InChI is InChI=1S/3C28H20N6O3/c1-14-10-12-16(13-11-14)31-28-24(30-3)15(2)23(27(29)32-28)34-33-19-8-4-6-17-21(19)25(36)18-7-5-9-20(35)22(18)26(17)37;1-14-10-12-16(13-11-14)31-28-24(30-3)15(2)23(27(29)32-28)34-33-19-8-4-6-17-21(19)26(37)22-18(25(17)36)7-5-9-20(22)35;1-14-10-12-16(13-11-14)31-28-24(15(2)23(30-3)27(29)32-28)34-33-19-8-4-6-17-21(19)26(37)22-18(25(17)36)7-5-9-20(22)35/h3*4-13,35H,1-2H3,(H3,29,31,32). The molecule has 0 aliphatic heterocycles. The van der Waals surface area contributed by atoms with Crippen molar-refractivity contribution in [3.63, 3.8) is 0 Å². The molecule has 9 aromatic carbocycles. The fourth-order valence-electron chi connectivity index (χ4n) is 12.7. The highest BCUT2D eigenvalue weighted by atomic mass is 16.3. The Balaban J connectivity index is 0.000000146. The first-order valence-electron chi connectivity index (χ1n) is 33.8. The van der Waals surface area contributed by atoms with Crippen molar-refractivity contribution >= 4 is 138 Å². The van der Waals surface area contributed by atoms with Crippen LogP contribution in [0.1, 0.15) is 129 Å². The number of carbonyl (C=O) groups is 6. The number of benzene rings is 9. The van der Waals surface area contributed by atoms with E-state index in [0.717, 1.165) is 33.8 Å². The van der Waals surface area contributed by atoms with Gasteiger partial charge in [0.2, 0.25) is 17.1 Å². The van der Waals surface area contributed by atoms with Crippen molar-refractivity contribution in [2.24, 2.45) is 30.7 Å². The van der Waals surface area contributed by atoms with Crippen molar-refractivity contribution in [3.8, 4) is 17.2 Å². The lowest BCUT2D eigenvalue weighted by molar-refractivity contribution is 0.0977. The second kappa shape index (κ2) is 30.2. The lowest BCUT2D eigenvalue weighted by atomic mass is 9.83. The Hall–Kier alpha value is -16.1. The number of nitrogens with one attached hydrogen (secondary N) is 3. The molecule has 0 saturated carbocycles. The van der Waals surface area contributed by atoms with Crippen LogP contribution in [0, 0.1) is 61.3 Å². The fraction of sp³-hybridized carbons (Fsp3) is 0.0714. The third-order valence-electron chi connectivity index (χ3n) is 18.4. The Kier molecular flexibility index (Phi) is 19.9. The van der Waals surface area contributed by atoms with E-state index < -0.39 is 28.9 Å². The molecule has 3 aliphatic rings. The number of pyridine rings is 3. The van der Waals surface area contributed by atoms with Gasteiger partial charge in [-0.25, -0.2) is 29.5 Å². The Labute approximate surface area is 632 Å². The summed E-state index contributed by atoms with van der Waals surface area (Å²) in [7, 11) is 0. The summed E-state index contributed by atoms with van der Waals surface area (Å²) in [6, 6.07) is 50.0. The van der Waals surface area contributed by atoms with E-state index in [1.807, 2.05) is 93.6 Å². The zero-order valence-electron chi connectivity index (χ0n) is 59.7. The van der Waals surface area contributed by atoms with Crippen LogP contribution in [-0.4, -0.2) is 65.0 Å². The zero-order chi connectivity index (χ0) is 78.8. The minimum atomic E-state index is -0.528. The lowest BCUT2D eigenvalue weighted by Crippen LogP contribution is -2.21. The van der Waals surface area contributed by atoms with Crippen molar-refractivity contribution in [2.45, 2.75) is 41.5 Å². The maximum atomic E-state index is 13.4. The van der Waals surface area contributed by atoms with Gasteiger partial charge in [-0.3, -0.25) is 28.8 Å². The largest absolute Gasteiger partial charge is 0.507 e. The maximum absolute atomic E-state index is 13.4. The van der Waals surface area contributed by atoms with Crippen LogP contribution in [0.5, 0.6) is 17.2 Å². The second-order valence-corrected chi connectivity index (χ2v) is 25.6. The molecule has 0 radical (unpaired) electrons. The minimum absolute atomic E-state index is 0.0308. The van der Waals surface area contributed by atoms with E-state index in [1.165, 1.54) is 66.7 Å². The van der Waals surface area contributed by atoms with Crippen LogP contribution in [0.4, 0.5) is 103 Å². The van der Waals surface area contributed by atoms with E-state index in [1.54, 1.807) is 63.2 Å². The molecule has 0 unspecified atom stereocenters. The van der Waals surface area contributed by atoms with Gasteiger partial charge in [0.25, 0.3) is 0 Å². The van der Waals surface area contributed by atoms with Gasteiger partial charge >= 0.3 is 0 Å². The molecule has 111 heavy (non-hydrogen) atoms. The number of aromatic hydroxyl groups is 3. The first kappa shape index (κ1) is 73.2. The lowest BCUT2D eigenvalue weighted by Gasteiger charge is -2.19.